The molecule has 196 valence electrons. The van der Waals surface area contributed by atoms with Crippen LogP contribution in [0.1, 0.15) is 24.1 Å². The molecule has 0 atom stereocenters. The molecule has 2 aromatic carbocycles. The summed E-state index contributed by atoms with van der Waals surface area (Å²) in [6.07, 6.45) is 6.85. The van der Waals surface area contributed by atoms with Gasteiger partial charge in [-0.15, -0.1) is 0 Å². The third-order valence-corrected chi connectivity index (χ3v) is 7.29. The highest BCUT2D eigenvalue weighted by molar-refractivity contribution is 6.33. The van der Waals surface area contributed by atoms with Gasteiger partial charge in [-0.25, -0.2) is 4.98 Å². The number of fused-ring (bicyclic) bond motifs is 1. The average molecular weight is 539 g/mol. The highest BCUT2D eigenvalue weighted by atomic mass is 35.5. The Morgan fingerprint density at radius 1 is 1.00 bits per heavy atom. The van der Waals surface area contributed by atoms with Gasteiger partial charge in [0.15, 0.2) is 0 Å². The molecule has 0 bridgehead atoms. The number of aromatic nitrogens is 5. The van der Waals surface area contributed by atoms with Crippen LogP contribution in [-0.2, 0) is 11.3 Å². The van der Waals surface area contributed by atoms with Crippen LogP contribution in [0.5, 0.6) is 0 Å². The van der Waals surface area contributed by atoms with Gasteiger partial charge < -0.3 is 10.1 Å². The number of ether oxygens (including phenoxy) is 1. The molecule has 0 unspecified atom stereocenters. The molecule has 39 heavy (non-hydrogen) atoms. The Morgan fingerprint density at radius 3 is 2.56 bits per heavy atom. The number of pyridine rings is 1. The maximum absolute atomic E-state index is 14.0. The lowest BCUT2D eigenvalue weighted by Crippen LogP contribution is -2.29. The number of nitrogens with zero attached hydrogens (tertiary/aromatic N) is 5. The van der Waals surface area contributed by atoms with Crippen LogP contribution in [0.25, 0.3) is 33.4 Å². The van der Waals surface area contributed by atoms with Crippen LogP contribution in [0.2, 0.25) is 5.02 Å². The van der Waals surface area contributed by atoms with Crippen LogP contribution in [0, 0.1) is 6.92 Å². The normalized spacial score (nSPS) is 14.0. The second-order valence-corrected chi connectivity index (χ2v) is 10.0. The number of aryl methyl sites for hydroxylation is 1. The van der Waals surface area contributed by atoms with Crippen LogP contribution in [0.3, 0.4) is 0 Å². The van der Waals surface area contributed by atoms with Crippen LogP contribution in [-0.4, -0.2) is 43.8 Å². The first-order valence-corrected chi connectivity index (χ1v) is 13.3. The van der Waals surface area contributed by atoms with Gasteiger partial charge in [-0.2, -0.15) is 4.98 Å². The lowest BCUT2D eigenvalue weighted by molar-refractivity contribution is 0.0903. The van der Waals surface area contributed by atoms with Crippen LogP contribution in [0.4, 0.5) is 5.95 Å². The summed E-state index contributed by atoms with van der Waals surface area (Å²) in [6.45, 7) is 3.69. The van der Waals surface area contributed by atoms with Crippen molar-refractivity contribution in [1.29, 1.82) is 0 Å². The van der Waals surface area contributed by atoms with Crippen molar-refractivity contribution in [2.24, 2.45) is 0 Å². The molecule has 6 rings (SSSR count). The Labute approximate surface area is 230 Å². The Kier molecular flexibility index (Phi) is 7.04. The lowest BCUT2D eigenvalue weighted by Gasteiger charge is -2.23. The van der Waals surface area contributed by atoms with Crippen molar-refractivity contribution >= 4 is 28.6 Å². The molecule has 1 fully saturated rings. The SMILES string of the molecule is Cc1nccnc1-c1ccc(-c2cc3cnc(NC4CCOCC4)nc3n(Cc3ccccc3)c2=O)c(Cl)c1. The monoisotopic (exact) mass is 538 g/mol. The molecule has 5 aromatic rings. The second kappa shape index (κ2) is 10.9. The van der Waals surface area contributed by atoms with E-state index in [1.54, 1.807) is 23.2 Å². The third-order valence-electron chi connectivity index (χ3n) is 6.98. The zero-order chi connectivity index (χ0) is 26.8. The van der Waals surface area contributed by atoms with E-state index < -0.39 is 0 Å². The molecule has 4 heterocycles. The smallest absolute Gasteiger partial charge is 0.260 e. The lowest BCUT2D eigenvalue weighted by atomic mass is 10.0. The van der Waals surface area contributed by atoms with Crippen molar-refractivity contribution < 1.29 is 4.74 Å². The Morgan fingerprint density at radius 2 is 1.79 bits per heavy atom. The van der Waals surface area contributed by atoms with Gasteiger partial charge in [0.2, 0.25) is 5.95 Å². The Balaban J connectivity index is 1.46. The van der Waals surface area contributed by atoms with E-state index in [2.05, 4.69) is 20.3 Å². The maximum atomic E-state index is 14.0. The molecule has 1 aliphatic rings. The second-order valence-electron chi connectivity index (χ2n) is 9.62. The number of anilines is 1. The first-order valence-electron chi connectivity index (χ1n) is 12.9. The number of nitrogens with one attached hydrogen (secondary N) is 1. The number of hydrogen-bond acceptors (Lipinski definition) is 7. The highest BCUT2D eigenvalue weighted by Gasteiger charge is 2.19. The van der Waals surface area contributed by atoms with Crippen molar-refractivity contribution in [1.82, 2.24) is 24.5 Å². The molecule has 1 saturated heterocycles. The van der Waals surface area contributed by atoms with E-state index in [0.29, 0.717) is 47.5 Å². The van der Waals surface area contributed by atoms with E-state index in [1.165, 1.54) is 0 Å². The maximum Gasteiger partial charge on any atom is 0.260 e. The number of benzene rings is 2. The molecule has 9 heteroatoms. The summed E-state index contributed by atoms with van der Waals surface area (Å²) in [6, 6.07) is 17.6. The molecule has 8 nitrogen and oxygen atoms in total. The number of hydrogen-bond donors (Lipinski definition) is 1. The molecule has 0 amide bonds. The molecule has 0 spiro atoms. The van der Waals surface area contributed by atoms with E-state index in [0.717, 1.165) is 40.7 Å². The summed E-state index contributed by atoms with van der Waals surface area (Å²) in [5.41, 5.74) is 4.91. The van der Waals surface area contributed by atoms with Crippen molar-refractivity contribution in [3.63, 3.8) is 0 Å². The van der Waals surface area contributed by atoms with Crippen LogP contribution >= 0.6 is 11.6 Å². The predicted octanol–water partition coefficient (Wildman–Crippen LogP) is 5.52. The average Bonchev–Trinajstić information content (AvgIpc) is 2.96. The largest absolute Gasteiger partial charge is 0.381 e. The molecule has 0 radical (unpaired) electrons. The molecule has 1 aliphatic heterocycles. The van der Waals surface area contributed by atoms with Crippen LogP contribution < -0.4 is 10.9 Å². The first-order chi connectivity index (χ1) is 19.1. The van der Waals surface area contributed by atoms with Crippen molar-refractivity contribution in [2.75, 3.05) is 18.5 Å². The van der Waals surface area contributed by atoms with Gasteiger partial charge >= 0.3 is 0 Å². The summed E-state index contributed by atoms with van der Waals surface area (Å²) in [7, 11) is 0. The zero-order valence-electron chi connectivity index (χ0n) is 21.5. The Hall–Kier alpha value is -4.14. The summed E-state index contributed by atoms with van der Waals surface area (Å²) in [5.74, 6) is 0.505. The minimum Gasteiger partial charge on any atom is -0.381 e. The molecule has 0 aliphatic carbocycles. The standard InChI is InChI=1S/C30H27ClN6O2/c1-19-27(33-12-11-32-19)21-7-8-24(26(31)16-21)25-15-22-17-34-30(35-23-9-13-39-14-10-23)36-28(22)37(29(25)38)18-20-5-3-2-4-6-20/h2-8,11-12,15-17,23H,9-10,13-14,18H2,1H3,(H,34,35,36). The number of rotatable bonds is 6. The topological polar surface area (TPSA) is 94.8 Å². The fourth-order valence-corrected chi connectivity index (χ4v) is 5.21. The highest BCUT2D eigenvalue weighted by Crippen LogP contribution is 2.32. The fourth-order valence-electron chi connectivity index (χ4n) is 4.93. The number of halogens is 1. The van der Waals surface area contributed by atoms with E-state index in [4.69, 9.17) is 21.3 Å². The first kappa shape index (κ1) is 25.2. The summed E-state index contributed by atoms with van der Waals surface area (Å²) in [5, 5.41) is 4.63. The Bertz CT molecular complexity index is 1700. The minimum atomic E-state index is -0.174. The summed E-state index contributed by atoms with van der Waals surface area (Å²) >= 11 is 6.79. The van der Waals surface area contributed by atoms with Crippen molar-refractivity contribution in [3.05, 3.63) is 99.8 Å². The van der Waals surface area contributed by atoms with Gasteiger partial charge in [0.25, 0.3) is 5.56 Å². The molecular weight excluding hydrogens is 512 g/mol. The van der Waals surface area contributed by atoms with Gasteiger partial charge in [0, 0.05) is 64.9 Å². The van der Waals surface area contributed by atoms with Crippen LogP contribution in [0.15, 0.2) is 78.0 Å². The molecule has 1 N–H and O–H groups in total. The zero-order valence-corrected chi connectivity index (χ0v) is 22.2. The summed E-state index contributed by atoms with van der Waals surface area (Å²) in [4.78, 5) is 32.2. The van der Waals surface area contributed by atoms with Gasteiger partial charge in [-0.1, -0.05) is 54.1 Å². The van der Waals surface area contributed by atoms with Gasteiger partial charge in [-0.3, -0.25) is 19.3 Å². The fraction of sp³-hybridized carbons (Fsp3) is 0.233. The van der Waals surface area contributed by atoms with Gasteiger partial charge in [0.1, 0.15) is 5.65 Å². The van der Waals surface area contributed by atoms with Gasteiger partial charge in [-0.05, 0) is 37.5 Å². The third kappa shape index (κ3) is 5.26. The van der Waals surface area contributed by atoms with Gasteiger partial charge in [0.05, 0.1) is 17.9 Å². The quantitative estimate of drug-likeness (QED) is 0.304. The molecule has 3 aromatic heterocycles. The molecular formula is C30H27ClN6O2. The molecule has 0 saturated carbocycles. The predicted molar refractivity (Wildman–Crippen MR) is 153 cm³/mol. The van der Waals surface area contributed by atoms with E-state index in [1.807, 2.05) is 61.5 Å². The van der Waals surface area contributed by atoms with Crippen molar-refractivity contribution in [3.8, 4) is 22.4 Å². The summed E-state index contributed by atoms with van der Waals surface area (Å²) < 4.78 is 7.17. The van der Waals surface area contributed by atoms with Crippen molar-refractivity contribution in [2.45, 2.75) is 32.4 Å². The van der Waals surface area contributed by atoms with E-state index in [9.17, 15) is 4.79 Å². The minimum absolute atomic E-state index is 0.174. The van der Waals surface area contributed by atoms with E-state index in [-0.39, 0.29) is 11.6 Å². The van der Waals surface area contributed by atoms with E-state index >= 15 is 0 Å².